The molecule has 0 spiro atoms. The molecule has 0 atom stereocenters. The number of rotatable bonds is 8. The first-order chi connectivity index (χ1) is 11.5. The summed E-state index contributed by atoms with van der Waals surface area (Å²) in [5, 5.41) is 3.49. The first-order valence-corrected chi connectivity index (χ1v) is 8.99. The van der Waals surface area contributed by atoms with Crippen LogP contribution in [0.25, 0.3) is 6.08 Å². The highest BCUT2D eigenvalue weighted by molar-refractivity contribution is 7.80. The van der Waals surface area contributed by atoms with Crippen molar-refractivity contribution in [2.24, 2.45) is 5.92 Å². The van der Waals surface area contributed by atoms with Gasteiger partial charge >= 0.3 is 0 Å². The first kappa shape index (κ1) is 18.5. The van der Waals surface area contributed by atoms with Crippen LogP contribution in [0.4, 0.5) is 0 Å². The van der Waals surface area contributed by atoms with Crippen molar-refractivity contribution in [3.63, 3.8) is 0 Å². The molecule has 1 saturated heterocycles. The van der Waals surface area contributed by atoms with Gasteiger partial charge in [-0.15, -0.1) is 0 Å². The van der Waals surface area contributed by atoms with Crippen LogP contribution in [-0.2, 0) is 4.79 Å². The Bertz CT molecular complexity index is 608. The Labute approximate surface area is 149 Å². The minimum absolute atomic E-state index is 0.0615. The molecular formula is C19H26N2O2S. The van der Waals surface area contributed by atoms with Gasteiger partial charge in [0.2, 0.25) is 0 Å². The van der Waals surface area contributed by atoms with Gasteiger partial charge in [0.15, 0.2) is 5.11 Å². The minimum atomic E-state index is -0.0615. The molecule has 1 amide bonds. The molecule has 0 aliphatic carbocycles. The topological polar surface area (TPSA) is 41.6 Å². The maximum atomic E-state index is 12.4. The third-order valence-corrected chi connectivity index (χ3v) is 4.04. The minimum Gasteiger partial charge on any atom is -0.494 e. The molecule has 0 bridgehead atoms. The van der Waals surface area contributed by atoms with Gasteiger partial charge in [0.05, 0.1) is 6.61 Å². The number of hydrogen-bond donors (Lipinski definition) is 1. The van der Waals surface area contributed by atoms with Crippen LogP contribution in [0.3, 0.4) is 0 Å². The fourth-order valence-electron chi connectivity index (χ4n) is 2.47. The third kappa shape index (κ3) is 5.06. The third-order valence-electron chi connectivity index (χ3n) is 3.72. The van der Waals surface area contributed by atoms with Gasteiger partial charge in [-0.2, -0.15) is 0 Å². The molecule has 1 aliphatic rings. The maximum absolute atomic E-state index is 12.4. The van der Waals surface area contributed by atoms with Crippen molar-refractivity contribution in [1.29, 1.82) is 0 Å². The summed E-state index contributed by atoms with van der Waals surface area (Å²) in [5.74, 6) is 1.17. The van der Waals surface area contributed by atoms with E-state index in [9.17, 15) is 4.79 Å². The zero-order valence-electron chi connectivity index (χ0n) is 14.7. The molecule has 130 valence electrons. The van der Waals surface area contributed by atoms with Gasteiger partial charge in [-0.05, 0) is 48.3 Å². The van der Waals surface area contributed by atoms with E-state index < -0.39 is 0 Å². The molecule has 1 fully saturated rings. The molecule has 5 heteroatoms. The summed E-state index contributed by atoms with van der Waals surface area (Å²) < 4.78 is 5.70. The van der Waals surface area contributed by atoms with E-state index >= 15 is 0 Å². The van der Waals surface area contributed by atoms with Gasteiger partial charge in [-0.1, -0.05) is 45.7 Å². The molecule has 1 aromatic rings. The molecule has 4 nitrogen and oxygen atoms in total. The van der Waals surface area contributed by atoms with E-state index in [-0.39, 0.29) is 5.91 Å². The van der Waals surface area contributed by atoms with Crippen LogP contribution < -0.4 is 10.1 Å². The van der Waals surface area contributed by atoms with E-state index in [0.717, 1.165) is 24.3 Å². The van der Waals surface area contributed by atoms with Crippen molar-refractivity contribution in [3.05, 3.63) is 35.5 Å². The highest BCUT2D eigenvalue weighted by atomic mass is 32.1. The molecule has 0 aromatic heterocycles. The summed E-state index contributed by atoms with van der Waals surface area (Å²) in [6.07, 6.45) is 5.27. The summed E-state index contributed by atoms with van der Waals surface area (Å²) in [7, 11) is 0. The lowest BCUT2D eigenvalue weighted by molar-refractivity contribution is -0.122. The number of benzene rings is 1. The molecule has 1 aromatic carbocycles. The number of nitrogens with zero attached hydrogens (tertiary/aromatic N) is 1. The highest BCUT2D eigenvalue weighted by Gasteiger charge is 2.30. The van der Waals surface area contributed by atoms with Gasteiger partial charge in [-0.25, -0.2) is 0 Å². The van der Waals surface area contributed by atoms with Gasteiger partial charge < -0.3 is 10.1 Å². The van der Waals surface area contributed by atoms with Gasteiger partial charge in [0.25, 0.3) is 5.91 Å². The fraction of sp³-hybridized carbons (Fsp3) is 0.474. The molecule has 0 unspecified atom stereocenters. The number of carbonyl (C=O) groups excluding carboxylic acids is 1. The standard InChI is InChI=1S/C19H26N2O2S/c1-4-5-6-11-23-16-9-7-15(8-10-16)12-17-18(22)21(13-14(2)3)19(24)20-17/h7-10,12,14H,4-6,11,13H2,1-3H3,(H,20,24)/b17-12+. The van der Waals surface area contributed by atoms with E-state index in [4.69, 9.17) is 17.0 Å². The van der Waals surface area contributed by atoms with E-state index in [1.165, 1.54) is 12.8 Å². The zero-order valence-corrected chi connectivity index (χ0v) is 15.5. The van der Waals surface area contributed by atoms with Crippen LogP contribution in [0.1, 0.15) is 45.6 Å². The summed E-state index contributed by atoms with van der Waals surface area (Å²) in [4.78, 5) is 14.0. The zero-order chi connectivity index (χ0) is 17.5. The van der Waals surface area contributed by atoms with Crippen molar-refractivity contribution in [2.45, 2.75) is 40.0 Å². The second kappa shape index (κ2) is 8.83. The average molecular weight is 346 g/mol. The molecular weight excluding hydrogens is 320 g/mol. The first-order valence-electron chi connectivity index (χ1n) is 8.58. The summed E-state index contributed by atoms with van der Waals surface area (Å²) >= 11 is 5.25. The van der Waals surface area contributed by atoms with Gasteiger partial charge in [0, 0.05) is 6.54 Å². The van der Waals surface area contributed by atoms with E-state index in [2.05, 4.69) is 26.1 Å². The van der Waals surface area contributed by atoms with Crippen LogP contribution in [0.5, 0.6) is 5.75 Å². The van der Waals surface area contributed by atoms with Crippen molar-refractivity contribution >= 4 is 29.3 Å². The number of unbranched alkanes of at least 4 members (excludes halogenated alkanes) is 2. The number of carbonyl (C=O) groups is 1. The number of amides is 1. The fourth-order valence-corrected chi connectivity index (χ4v) is 2.74. The number of thiocarbonyl (C=S) groups is 1. The van der Waals surface area contributed by atoms with Crippen LogP contribution in [0.2, 0.25) is 0 Å². The quantitative estimate of drug-likeness (QED) is 0.439. The molecule has 1 heterocycles. The number of nitrogens with one attached hydrogen (secondary N) is 1. The Morgan fingerprint density at radius 3 is 2.58 bits per heavy atom. The Balaban J connectivity index is 1.98. The summed E-state index contributed by atoms with van der Waals surface area (Å²) in [6.45, 7) is 7.68. The van der Waals surface area contributed by atoms with Crippen LogP contribution >= 0.6 is 12.2 Å². The van der Waals surface area contributed by atoms with E-state index in [1.54, 1.807) is 4.90 Å². The van der Waals surface area contributed by atoms with Crippen molar-refractivity contribution < 1.29 is 9.53 Å². The molecule has 1 aliphatic heterocycles. The van der Waals surface area contributed by atoms with Crippen LogP contribution in [0, 0.1) is 5.92 Å². The van der Waals surface area contributed by atoms with Crippen molar-refractivity contribution in [1.82, 2.24) is 10.2 Å². The van der Waals surface area contributed by atoms with E-state index in [0.29, 0.717) is 23.3 Å². The second-order valence-electron chi connectivity index (χ2n) is 6.42. The van der Waals surface area contributed by atoms with Crippen LogP contribution in [-0.4, -0.2) is 29.1 Å². The predicted octanol–water partition coefficient (Wildman–Crippen LogP) is 3.97. The second-order valence-corrected chi connectivity index (χ2v) is 6.81. The molecule has 2 rings (SSSR count). The van der Waals surface area contributed by atoms with E-state index in [1.807, 2.05) is 30.3 Å². The molecule has 24 heavy (non-hydrogen) atoms. The monoisotopic (exact) mass is 346 g/mol. The lowest BCUT2D eigenvalue weighted by atomic mass is 10.1. The highest BCUT2D eigenvalue weighted by Crippen LogP contribution is 2.18. The lowest BCUT2D eigenvalue weighted by Crippen LogP contribution is -2.33. The van der Waals surface area contributed by atoms with Gasteiger partial charge in [-0.3, -0.25) is 9.69 Å². The van der Waals surface area contributed by atoms with Crippen molar-refractivity contribution in [2.75, 3.05) is 13.2 Å². The average Bonchev–Trinajstić information content (AvgIpc) is 2.80. The lowest BCUT2D eigenvalue weighted by Gasteiger charge is -2.15. The van der Waals surface area contributed by atoms with Gasteiger partial charge in [0.1, 0.15) is 11.4 Å². The number of hydrogen-bond acceptors (Lipinski definition) is 3. The number of ether oxygens (including phenoxy) is 1. The Kier molecular flexibility index (Phi) is 6.79. The Hall–Kier alpha value is -1.88. The molecule has 1 N–H and O–H groups in total. The predicted molar refractivity (Wildman–Crippen MR) is 102 cm³/mol. The smallest absolute Gasteiger partial charge is 0.276 e. The normalized spacial score (nSPS) is 16.2. The Morgan fingerprint density at radius 2 is 1.96 bits per heavy atom. The largest absolute Gasteiger partial charge is 0.494 e. The summed E-state index contributed by atoms with van der Waals surface area (Å²) in [6, 6.07) is 7.76. The SMILES string of the molecule is CCCCCOc1ccc(/C=C2/NC(=S)N(CC(C)C)C2=O)cc1. The summed E-state index contributed by atoms with van der Waals surface area (Å²) in [5.41, 5.74) is 1.47. The maximum Gasteiger partial charge on any atom is 0.276 e. The Morgan fingerprint density at radius 1 is 1.25 bits per heavy atom. The van der Waals surface area contributed by atoms with Crippen molar-refractivity contribution in [3.8, 4) is 5.75 Å². The molecule has 0 saturated carbocycles. The van der Waals surface area contributed by atoms with Crippen LogP contribution in [0.15, 0.2) is 30.0 Å². The molecule has 0 radical (unpaired) electrons.